The molecule has 0 unspecified atom stereocenters. The third kappa shape index (κ3) is 3.72. The molecule has 4 nitrogen and oxygen atoms in total. The molecule has 2 N–H and O–H groups in total. The van der Waals surface area contributed by atoms with Crippen molar-refractivity contribution in [3.05, 3.63) is 35.3 Å². The number of aromatic amines is 1. The molecule has 3 rings (SSSR count). The van der Waals surface area contributed by atoms with Gasteiger partial charge in [0, 0.05) is 29.7 Å². The lowest BCUT2D eigenvalue weighted by atomic mass is 9.96. The number of amides is 1. The molecule has 1 saturated heterocycles. The average molecular weight is 318 g/mol. The highest BCUT2D eigenvalue weighted by atomic mass is 19.1. The number of halogens is 1. The smallest absolute Gasteiger partial charge is 0.224 e. The molecule has 1 amide bonds. The van der Waals surface area contributed by atoms with Gasteiger partial charge in [-0.1, -0.05) is 0 Å². The van der Waals surface area contributed by atoms with Crippen LogP contribution in [0.5, 0.6) is 0 Å². The van der Waals surface area contributed by atoms with Crippen molar-refractivity contribution in [1.29, 1.82) is 0 Å². The van der Waals surface area contributed by atoms with Crippen molar-refractivity contribution in [3.63, 3.8) is 0 Å². The van der Waals surface area contributed by atoms with Gasteiger partial charge in [0.15, 0.2) is 0 Å². The van der Waals surface area contributed by atoms with Gasteiger partial charge in [-0.05, 0) is 56.4 Å². The first-order chi connectivity index (χ1) is 11.0. The summed E-state index contributed by atoms with van der Waals surface area (Å²) in [6.45, 7) is 5.43. The molecule has 124 valence electrons. The third-order valence-corrected chi connectivity index (χ3v) is 4.60. The van der Waals surface area contributed by atoms with E-state index in [1.165, 1.54) is 12.1 Å². The molecular formula is C18H23FN2O2. The quantitative estimate of drug-likeness (QED) is 0.910. The van der Waals surface area contributed by atoms with Gasteiger partial charge < -0.3 is 15.0 Å². The first kappa shape index (κ1) is 16.0. The number of benzene rings is 1. The van der Waals surface area contributed by atoms with Crippen LogP contribution in [0.2, 0.25) is 0 Å². The van der Waals surface area contributed by atoms with Gasteiger partial charge in [-0.3, -0.25) is 4.79 Å². The van der Waals surface area contributed by atoms with E-state index in [1.54, 1.807) is 6.07 Å². The van der Waals surface area contributed by atoms with Gasteiger partial charge in [0.05, 0.1) is 12.5 Å². The van der Waals surface area contributed by atoms with Gasteiger partial charge in [-0.15, -0.1) is 0 Å². The fourth-order valence-corrected chi connectivity index (χ4v) is 3.34. The fourth-order valence-electron chi connectivity index (χ4n) is 3.34. The van der Waals surface area contributed by atoms with Gasteiger partial charge >= 0.3 is 0 Å². The van der Waals surface area contributed by atoms with Crippen LogP contribution in [-0.4, -0.2) is 30.1 Å². The highest BCUT2D eigenvalue weighted by molar-refractivity contribution is 5.90. The molecular weight excluding hydrogens is 295 g/mol. The lowest BCUT2D eigenvalue weighted by molar-refractivity contribution is -0.120. The van der Waals surface area contributed by atoms with Crippen LogP contribution in [0.25, 0.3) is 10.9 Å². The number of H-pyrrole nitrogens is 1. The van der Waals surface area contributed by atoms with Gasteiger partial charge in [-0.25, -0.2) is 4.39 Å². The number of hydrogen-bond donors (Lipinski definition) is 2. The lowest BCUT2D eigenvalue weighted by Crippen LogP contribution is -2.35. The molecule has 0 radical (unpaired) electrons. The normalized spacial score (nSPS) is 21.5. The zero-order valence-electron chi connectivity index (χ0n) is 13.6. The van der Waals surface area contributed by atoms with Crippen molar-refractivity contribution in [1.82, 2.24) is 10.3 Å². The SMILES string of the molecule is Cc1[nH]c2ccc(F)cc2c1CC(=O)NC[C@@H]1CCO[C@H](C)C1. The summed E-state index contributed by atoms with van der Waals surface area (Å²) in [4.78, 5) is 15.5. The Labute approximate surface area is 135 Å². The molecule has 2 heterocycles. The summed E-state index contributed by atoms with van der Waals surface area (Å²) < 4.78 is 19.0. The van der Waals surface area contributed by atoms with E-state index in [0.29, 0.717) is 12.5 Å². The zero-order chi connectivity index (χ0) is 16.4. The van der Waals surface area contributed by atoms with Crippen molar-refractivity contribution in [3.8, 4) is 0 Å². The molecule has 0 saturated carbocycles. The van der Waals surface area contributed by atoms with Crippen LogP contribution in [0.1, 0.15) is 31.0 Å². The Bertz CT molecular complexity index is 710. The number of carbonyl (C=O) groups is 1. The average Bonchev–Trinajstić information content (AvgIpc) is 2.81. The van der Waals surface area contributed by atoms with E-state index in [2.05, 4.69) is 17.2 Å². The maximum absolute atomic E-state index is 13.5. The Morgan fingerprint density at radius 3 is 3.09 bits per heavy atom. The molecule has 1 aromatic heterocycles. The second kappa shape index (κ2) is 6.71. The summed E-state index contributed by atoms with van der Waals surface area (Å²) in [5.41, 5.74) is 2.66. The number of carbonyl (C=O) groups excluding carboxylic acids is 1. The summed E-state index contributed by atoms with van der Waals surface area (Å²) in [5, 5.41) is 3.80. The molecule has 1 aliphatic heterocycles. The summed E-state index contributed by atoms with van der Waals surface area (Å²) in [5.74, 6) is 0.177. The Morgan fingerprint density at radius 1 is 1.48 bits per heavy atom. The maximum atomic E-state index is 13.5. The Balaban J connectivity index is 1.63. The first-order valence-corrected chi connectivity index (χ1v) is 8.18. The lowest BCUT2D eigenvalue weighted by Gasteiger charge is -2.27. The Kier molecular flexibility index (Phi) is 4.66. The number of rotatable bonds is 4. The molecule has 0 bridgehead atoms. The minimum Gasteiger partial charge on any atom is -0.378 e. The van der Waals surface area contributed by atoms with Gasteiger partial charge in [0.2, 0.25) is 5.91 Å². The molecule has 1 aliphatic rings. The van der Waals surface area contributed by atoms with Crippen molar-refractivity contribution < 1.29 is 13.9 Å². The van der Waals surface area contributed by atoms with E-state index in [4.69, 9.17) is 4.74 Å². The predicted octanol–water partition coefficient (Wildman–Crippen LogP) is 3.09. The number of fused-ring (bicyclic) bond motifs is 1. The molecule has 5 heteroatoms. The van der Waals surface area contributed by atoms with Crippen molar-refractivity contribution in [2.24, 2.45) is 5.92 Å². The highest BCUT2D eigenvalue weighted by Crippen LogP contribution is 2.24. The first-order valence-electron chi connectivity index (χ1n) is 8.18. The number of aryl methyl sites for hydroxylation is 1. The zero-order valence-corrected chi connectivity index (χ0v) is 13.6. The van der Waals surface area contributed by atoms with Crippen LogP contribution in [0.15, 0.2) is 18.2 Å². The second-order valence-corrected chi connectivity index (χ2v) is 6.47. The Hall–Kier alpha value is -1.88. The summed E-state index contributed by atoms with van der Waals surface area (Å²) in [7, 11) is 0. The highest BCUT2D eigenvalue weighted by Gasteiger charge is 2.20. The standard InChI is InChI=1S/C18H23FN2O2/c1-11-7-13(5-6-23-11)10-20-18(22)9-15-12(2)21-17-4-3-14(19)8-16(15)17/h3-4,8,11,13,21H,5-7,9-10H2,1-2H3,(H,20,22)/t11-,13-/m1/s1. The number of nitrogens with one attached hydrogen (secondary N) is 2. The summed E-state index contributed by atoms with van der Waals surface area (Å²) in [6, 6.07) is 4.62. The van der Waals surface area contributed by atoms with Crippen LogP contribution in [0.4, 0.5) is 4.39 Å². The second-order valence-electron chi connectivity index (χ2n) is 6.47. The predicted molar refractivity (Wildman–Crippen MR) is 87.8 cm³/mol. The minimum atomic E-state index is -0.283. The van der Waals surface area contributed by atoms with Crippen LogP contribution in [0, 0.1) is 18.7 Å². The monoisotopic (exact) mass is 318 g/mol. The molecule has 1 fully saturated rings. The van der Waals surface area contributed by atoms with Crippen molar-refractivity contribution in [2.75, 3.05) is 13.2 Å². The van der Waals surface area contributed by atoms with Gasteiger partial charge in [0.1, 0.15) is 5.82 Å². The van der Waals surface area contributed by atoms with E-state index < -0.39 is 0 Å². The van der Waals surface area contributed by atoms with E-state index in [1.807, 2.05) is 6.92 Å². The van der Waals surface area contributed by atoms with Crippen LogP contribution in [-0.2, 0) is 16.0 Å². The molecule has 2 aromatic rings. The van der Waals surface area contributed by atoms with E-state index in [-0.39, 0.29) is 24.2 Å². The molecule has 1 aromatic carbocycles. The van der Waals surface area contributed by atoms with E-state index in [0.717, 1.165) is 41.6 Å². The van der Waals surface area contributed by atoms with Gasteiger partial charge in [0.25, 0.3) is 0 Å². The van der Waals surface area contributed by atoms with E-state index >= 15 is 0 Å². The van der Waals surface area contributed by atoms with Crippen LogP contribution >= 0.6 is 0 Å². The molecule has 2 atom stereocenters. The number of aromatic nitrogens is 1. The number of ether oxygens (including phenoxy) is 1. The Morgan fingerprint density at radius 2 is 2.30 bits per heavy atom. The largest absolute Gasteiger partial charge is 0.378 e. The number of hydrogen-bond acceptors (Lipinski definition) is 2. The summed E-state index contributed by atoms with van der Waals surface area (Å²) in [6.07, 6.45) is 2.51. The summed E-state index contributed by atoms with van der Waals surface area (Å²) >= 11 is 0. The van der Waals surface area contributed by atoms with Crippen LogP contribution in [0.3, 0.4) is 0 Å². The fraction of sp³-hybridized carbons (Fsp3) is 0.500. The third-order valence-electron chi connectivity index (χ3n) is 4.60. The van der Waals surface area contributed by atoms with Gasteiger partial charge in [-0.2, -0.15) is 0 Å². The minimum absolute atomic E-state index is 0.0163. The van der Waals surface area contributed by atoms with E-state index in [9.17, 15) is 9.18 Å². The molecule has 23 heavy (non-hydrogen) atoms. The maximum Gasteiger partial charge on any atom is 0.224 e. The van der Waals surface area contributed by atoms with Crippen molar-refractivity contribution >= 4 is 16.8 Å². The topological polar surface area (TPSA) is 54.1 Å². The molecule has 0 spiro atoms. The van der Waals surface area contributed by atoms with Crippen molar-refractivity contribution in [2.45, 2.75) is 39.2 Å². The van der Waals surface area contributed by atoms with Crippen LogP contribution < -0.4 is 5.32 Å². The molecule has 0 aliphatic carbocycles.